The number of pyridine rings is 1. The van der Waals surface area contributed by atoms with E-state index < -0.39 is 24.5 Å². The van der Waals surface area contributed by atoms with Crippen LogP contribution in [0.3, 0.4) is 0 Å². The SMILES string of the molecule is COC(=O)c1c(NC(=O)COC(=O)c2ccnc(Cl)c2)sc2c1CCc1ccccc1-2. The number of benzene rings is 1. The Morgan fingerprint density at radius 2 is 1.97 bits per heavy atom. The molecule has 2 heterocycles. The van der Waals surface area contributed by atoms with Crippen molar-refractivity contribution in [3.8, 4) is 10.4 Å². The van der Waals surface area contributed by atoms with E-state index in [0.717, 1.165) is 22.4 Å². The van der Waals surface area contributed by atoms with Crippen LogP contribution in [0.4, 0.5) is 5.00 Å². The summed E-state index contributed by atoms with van der Waals surface area (Å²) < 4.78 is 10.0. The Morgan fingerprint density at radius 1 is 1.16 bits per heavy atom. The summed E-state index contributed by atoms with van der Waals surface area (Å²) in [7, 11) is 1.30. The molecule has 0 aliphatic heterocycles. The standard InChI is InChI=1S/C22H17ClN2O5S/c1-29-22(28)18-15-7-6-12-4-2-3-5-14(12)19(15)31-20(18)25-17(26)11-30-21(27)13-8-9-24-16(23)10-13/h2-5,8-10H,6-7,11H2,1H3,(H,25,26). The molecule has 7 nitrogen and oxygen atoms in total. The molecule has 0 radical (unpaired) electrons. The van der Waals surface area contributed by atoms with Gasteiger partial charge in [-0.05, 0) is 41.7 Å². The van der Waals surface area contributed by atoms with Crippen LogP contribution in [0.2, 0.25) is 5.15 Å². The molecule has 0 spiro atoms. The molecule has 2 aromatic heterocycles. The predicted octanol–water partition coefficient (Wildman–Crippen LogP) is 4.14. The van der Waals surface area contributed by atoms with E-state index in [2.05, 4.69) is 16.4 Å². The topological polar surface area (TPSA) is 94.6 Å². The fourth-order valence-electron chi connectivity index (χ4n) is 3.45. The first-order valence-electron chi connectivity index (χ1n) is 9.38. The first-order chi connectivity index (χ1) is 15.0. The number of halogens is 1. The molecule has 1 amide bonds. The van der Waals surface area contributed by atoms with E-state index in [4.69, 9.17) is 21.1 Å². The number of nitrogens with zero attached hydrogens (tertiary/aromatic N) is 1. The van der Waals surface area contributed by atoms with Crippen molar-refractivity contribution in [2.75, 3.05) is 19.0 Å². The van der Waals surface area contributed by atoms with E-state index in [9.17, 15) is 14.4 Å². The maximum absolute atomic E-state index is 12.5. The zero-order chi connectivity index (χ0) is 22.0. The molecule has 0 unspecified atom stereocenters. The Bertz CT molecular complexity index is 1190. The highest BCUT2D eigenvalue weighted by atomic mass is 35.5. The lowest BCUT2D eigenvalue weighted by Crippen LogP contribution is -2.22. The first kappa shape index (κ1) is 21.0. The number of ether oxygens (including phenoxy) is 2. The zero-order valence-corrected chi connectivity index (χ0v) is 18.0. The van der Waals surface area contributed by atoms with Crippen molar-refractivity contribution in [1.82, 2.24) is 4.98 Å². The summed E-state index contributed by atoms with van der Waals surface area (Å²) in [4.78, 5) is 41.8. The number of amides is 1. The number of anilines is 1. The fraction of sp³-hybridized carbons (Fsp3) is 0.182. The smallest absolute Gasteiger partial charge is 0.341 e. The van der Waals surface area contributed by atoms with Crippen LogP contribution in [0, 0.1) is 0 Å². The number of hydrogen-bond acceptors (Lipinski definition) is 7. The summed E-state index contributed by atoms with van der Waals surface area (Å²) in [6.07, 6.45) is 2.83. The minimum atomic E-state index is -0.702. The van der Waals surface area contributed by atoms with Crippen molar-refractivity contribution in [3.05, 3.63) is 70.0 Å². The second-order valence-electron chi connectivity index (χ2n) is 6.75. The molecule has 1 aliphatic rings. The average molecular weight is 457 g/mol. The molecular weight excluding hydrogens is 440 g/mol. The van der Waals surface area contributed by atoms with Crippen LogP contribution in [0.25, 0.3) is 10.4 Å². The third kappa shape index (κ3) is 4.30. The Kier molecular flexibility index (Phi) is 6.01. The molecule has 3 aromatic rings. The zero-order valence-electron chi connectivity index (χ0n) is 16.4. The maximum Gasteiger partial charge on any atom is 0.341 e. The van der Waals surface area contributed by atoms with Crippen LogP contribution >= 0.6 is 22.9 Å². The molecule has 4 rings (SSSR count). The van der Waals surface area contributed by atoms with Gasteiger partial charge in [0, 0.05) is 11.1 Å². The summed E-state index contributed by atoms with van der Waals surface area (Å²) in [5.41, 5.74) is 3.62. The highest BCUT2D eigenvalue weighted by molar-refractivity contribution is 7.20. The minimum absolute atomic E-state index is 0.145. The molecule has 158 valence electrons. The maximum atomic E-state index is 12.5. The number of fused-ring (bicyclic) bond motifs is 3. The van der Waals surface area contributed by atoms with Crippen molar-refractivity contribution in [2.24, 2.45) is 0 Å². The van der Waals surface area contributed by atoms with Gasteiger partial charge in [-0.15, -0.1) is 11.3 Å². The number of aryl methyl sites for hydroxylation is 1. The van der Waals surface area contributed by atoms with E-state index in [1.807, 2.05) is 18.2 Å². The summed E-state index contributed by atoms with van der Waals surface area (Å²) in [5, 5.41) is 3.22. The number of methoxy groups -OCH3 is 1. The molecule has 1 N–H and O–H groups in total. The molecule has 31 heavy (non-hydrogen) atoms. The number of aromatic nitrogens is 1. The van der Waals surface area contributed by atoms with Crippen molar-refractivity contribution >= 4 is 45.8 Å². The van der Waals surface area contributed by atoms with Gasteiger partial charge >= 0.3 is 11.9 Å². The van der Waals surface area contributed by atoms with Crippen molar-refractivity contribution in [3.63, 3.8) is 0 Å². The van der Waals surface area contributed by atoms with Gasteiger partial charge in [-0.2, -0.15) is 0 Å². The number of rotatable bonds is 5. The average Bonchev–Trinajstić information content (AvgIpc) is 3.15. The van der Waals surface area contributed by atoms with Gasteiger partial charge in [-0.25, -0.2) is 14.6 Å². The number of hydrogen-bond donors (Lipinski definition) is 1. The van der Waals surface area contributed by atoms with Gasteiger partial charge in [0.25, 0.3) is 5.91 Å². The number of carbonyl (C=O) groups is 3. The molecule has 0 saturated carbocycles. The van der Waals surface area contributed by atoms with Crippen molar-refractivity contribution < 1.29 is 23.9 Å². The predicted molar refractivity (Wildman–Crippen MR) is 117 cm³/mol. The minimum Gasteiger partial charge on any atom is -0.465 e. The molecular formula is C22H17ClN2O5S. The largest absolute Gasteiger partial charge is 0.465 e. The van der Waals surface area contributed by atoms with Crippen LogP contribution in [0.1, 0.15) is 31.8 Å². The second-order valence-corrected chi connectivity index (χ2v) is 8.16. The lowest BCUT2D eigenvalue weighted by atomic mass is 9.89. The van der Waals surface area contributed by atoms with Gasteiger partial charge in [0.1, 0.15) is 10.2 Å². The Balaban J connectivity index is 1.54. The second kappa shape index (κ2) is 8.87. The number of esters is 2. The van der Waals surface area contributed by atoms with E-state index >= 15 is 0 Å². The monoisotopic (exact) mass is 456 g/mol. The van der Waals surface area contributed by atoms with Crippen molar-refractivity contribution in [2.45, 2.75) is 12.8 Å². The Hall–Kier alpha value is -3.23. The molecule has 0 atom stereocenters. The third-order valence-corrected chi connectivity index (χ3v) is 6.24. The lowest BCUT2D eigenvalue weighted by molar-refractivity contribution is -0.119. The molecule has 9 heteroatoms. The Morgan fingerprint density at radius 3 is 2.74 bits per heavy atom. The van der Waals surface area contributed by atoms with E-state index in [0.29, 0.717) is 17.0 Å². The quantitative estimate of drug-likeness (QED) is 0.458. The molecule has 0 bridgehead atoms. The van der Waals surface area contributed by atoms with Gasteiger partial charge in [0.2, 0.25) is 0 Å². The Labute approximate surface area is 187 Å². The van der Waals surface area contributed by atoms with Gasteiger partial charge < -0.3 is 14.8 Å². The van der Waals surface area contributed by atoms with Gasteiger partial charge in [0.05, 0.1) is 18.2 Å². The first-order valence-corrected chi connectivity index (χ1v) is 10.6. The highest BCUT2D eigenvalue weighted by Crippen LogP contribution is 2.45. The van der Waals surface area contributed by atoms with Crippen LogP contribution in [0.5, 0.6) is 0 Å². The van der Waals surface area contributed by atoms with Gasteiger partial charge in [-0.1, -0.05) is 35.9 Å². The fourth-order valence-corrected chi connectivity index (χ4v) is 4.94. The number of thiophene rings is 1. The van der Waals surface area contributed by atoms with E-state index in [1.54, 1.807) is 0 Å². The van der Waals surface area contributed by atoms with E-state index in [1.165, 1.54) is 42.3 Å². The van der Waals surface area contributed by atoms with Crippen LogP contribution in [0.15, 0.2) is 42.6 Å². The van der Waals surface area contributed by atoms with E-state index in [-0.39, 0.29) is 10.7 Å². The summed E-state index contributed by atoms with van der Waals surface area (Å²) in [6, 6.07) is 10.8. The van der Waals surface area contributed by atoms with Crippen LogP contribution < -0.4 is 5.32 Å². The lowest BCUT2D eigenvalue weighted by Gasteiger charge is -2.16. The van der Waals surface area contributed by atoms with Crippen LogP contribution in [-0.4, -0.2) is 36.5 Å². The number of nitrogens with one attached hydrogen (secondary N) is 1. The molecule has 0 fully saturated rings. The third-order valence-electron chi connectivity index (χ3n) is 4.85. The van der Waals surface area contributed by atoms with Crippen molar-refractivity contribution in [1.29, 1.82) is 0 Å². The highest BCUT2D eigenvalue weighted by Gasteiger charge is 2.29. The van der Waals surface area contributed by atoms with Gasteiger partial charge in [-0.3, -0.25) is 4.79 Å². The molecule has 1 aliphatic carbocycles. The number of carbonyl (C=O) groups excluding carboxylic acids is 3. The summed E-state index contributed by atoms with van der Waals surface area (Å²) in [5.74, 6) is -1.78. The van der Waals surface area contributed by atoms with Crippen LogP contribution in [-0.2, 0) is 27.1 Å². The molecule has 1 aromatic carbocycles. The summed E-state index contributed by atoms with van der Waals surface area (Å²) >= 11 is 7.08. The normalized spacial score (nSPS) is 11.8. The molecule has 0 saturated heterocycles. The summed E-state index contributed by atoms with van der Waals surface area (Å²) in [6.45, 7) is -0.515. The van der Waals surface area contributed by atoms with Gasteiger partial charge in [0.15, 0.2) is 6.61 Å².